The van der Waals surface area contributed by atoms with E-state index in [1.165, 1.54) is 19.3 Å². The second-order valence-electron chi connectivity index (χ2n) is 6.97. The van der Waals surface area contributed by atoms with Crippen LogP contribution in [-0.2, 0) is 9.59 Å². The molecule has 0 bridgehead atoms. The number of amides is 2. The zero-order valence-electron chi connectivity index (χ0n) is 13.2. The molecule has 114 valence electrons. The fourth-order valence-electron chi connectivity index (χ4n) is 3.92. The molecule has 1 aliphatic heterocycles. The molecule has 0 spiro atoms. The molecule has 0 radical (unpaired) electrons. The van der Waals surface area contributed by atoms with E-state index in [1.807, 2.05) is 18.7 Å². The highest BCUT2D eigenvalue weighted by Gasteiger charge is 2.44. The number of nitrogens with one attached hydrogen (secondary N) is 1. The number of hydrogen-bond acceptors (Lipinski definition) is 2. The lowest BCUT2D eigenvalue weighted by Gasteiger charge is -2.47. The van der Waals surface area contributed by atoms with Crippen LogP contribution in [0, 0.1) is 17.8 Å². The minimum absolute atomic E-state index is 0.0210. The Balaban J connectivity index is 2.29. The SMILES string of the molecule is CC(C)C1CCCCC1N1C(=O)CNC(=O)C1C(C)C. The van der Waals surface area contributed by atoms with Crippen LogP contribution in [0.5, 0.6) is 0 Å². The maximum atomic E-state index is 12.4. The summed E-state index contributed by atoms with van der Waals surface area (Å²) < 4.78 is 0. The van der Waals surface area contributed by atoms with Crippen molar-refractivity contribution in [2.24, 2.45) is 17.8 Å². The lowest BCUT2D eigenvalue weighted by Crippen LogP contribution is -2.65. The van der Waals surface area contributed by atoms with Crippen molar-refractivity contribution in [3.63, 3.8) is 0 Å². The van der Waals surface area contributed by atoms with Crippen LogP contribution in [0.1, 0.15) is 53.4 Å². The molecule has 0 aromatic carbocycles. The molecule has 3 unspecified atom stereocenters. The van der Waals surface area contributed by atoms with Gasteiger partial charge in [-0.1, -0.05) is 40.5 Å². The molecule has 2 rings (SSSR count). The van der Waals surface area contributed by atoms with Crippen molar-refractivity contribution in [3.05, 3.63) is 0 Å². The minimum atomic E-state index is -0.291. The van der Waals surface area contributed by atoms with Gasteiger partial charge in [0.05, 0.1) is 6.54 Å². The number of rotatable bonds is 3. The van der Waals surface area contributed by atoms with Crippen molar-refractivity contribution in [1.29, 1.82) is 0 Å². The molecule has 4 heteroatoms. The molecule has 1 N–H and O–H groups in total. The zero-order chi connectivity index (χ0) is 14.9. The molecule has 3 atom stereocenters. The fraction of sp³-hybridized carbons (Fsp3) is 0.875. The summed E-state index contributed by atoms with van der Waals surface area (Å²) in [5.41, 5.74) is 0. The Bertz CT molecular complexity index is 379. The molecule has 2 fully saturated rings. The molecule has 1 saturated carbocycles. The third kappa shape index (κ3) is 2.84. The van der Waals surface area contributed by atoms with Gasteiger partial charge in [-0.25, -0.2) is 0 Å². The van der Waals surface area contributed by atoms with Crippen LogP contribution in [-0.4, -0.2) is 35.3 Å². The van der Waals surface area contributed by atoms with Crippen molar-refractivity contribution < 1.29 is 9.59 Å². The number of carbonyl (C=O) groups excluding carboxylic acids is 2. The lowest BCUT2D eigenvalue weighted by atomic mass is 9.76. The fourth-order valence-corrected chi connectivity index (χ4v) is 3.92. The highest BCUT2D eigenvalue weighted by atomic mass is 16.2. The third-order valence-corrected chi connectivity index (χ3v) is 4.90. The van der Waals surface area contributed by atoms with Gasteiger partial charge < -0.3 is 10.2 Å². The summed E-state index contributed by atoms with van der Waals surface area (Å²) in [6.07, 6.45) is 4.65. The Kier molecular flexibility index (Phi) is 4.71. The number of piperazine rings is 1. The predicted octanol–water partition coefficient (Wildman–Crippen LogP) is 2.18. The molecular formula is C16H28N2O2. The Morgan fingerprint density at radius 1 is 1.05 bits per heavy atom. The first-order valence-electron chi connectivity index (χ1n) is 8.02. The van der Waals surface area contributed by atoms with Crippen LogP contribution < -0.4 is 5.32 Å². The Hall–Kier alpha value is -1.06. The van der Waals surface area contributed by atoms with Crippen LogP contribution >= 0.6 is 0 Å². The molecule has 1 saturated heterocycles. The average molecular weight is 280 g/mol. The summed E-state index contributed by atoms with van der Waals surface area (Å²) in [6, 6.07) is -0.0460. The van der Waals surface area contributed by atoms with Gasteiger partial charge in [-0.2, -0.15) is 0 Å². The van der Waals surface area contributed by atoms with E-state index in [4.69, 9.17) is 0 Å². The largest absolute Gasteiger partial charge is 0.345 e. The smallest absolute Gasteiger partial charge is 0.243 e. The number of nitrogens with zero attached hydrogens (tertiary/aromatic N) is 1. The van der Waals surface area contributed by atoms with Crippen molar-refractivity contribution in [1.82, 2.24) is 10.2 Å². The summed E-state index contributed by atoms with van der Waals surface area (Å²) in [4.78, 5) is 26.6. The Labute approximate surface area is 122 Å². The van der Waals surface area contributed by atoms with Crippen LogP contribution in [0.4, 0.5) is 0 Å². The van der Waals surface area contributed by atoms with E-state index in [2.05, 4.69) is 19.2 Å². The van der Waals surface area contributed by atoms with Crippen LogP contribution in [0.25, 0.3) is 0 Å². The van der Waals surface area contributed by atoms with Crippen molar-refractivity contribution in [3.8, 4) is 0 Å². The highest BCUT2D eigenvalue weighted by molar-refractivity contribution is 5.95. The minimum Gasteiger partial charge on any atom is -0.345 e. The average Bonchev–Trinajstić information content (AvgIpc) is 2.40. The third-order valence-electron chi connectivity index (χ3n) is 4.90. The molecular weight excluding hydrogens is 252 g/mol. The molecule has 2 aliphatic rings. The summed E-state index contributed by atoms with van der Waals surface area (Å²) in [6.45, 7) is 8.71. The van der Waals surface area contributed by atoms with Gasteiger partial charge in [0.1, 0.15) is 6.04 Å². The van der Waals surface area contributed by atoms with E-state index in [0.717, 1.165) is 6.42 Å². The first-order valence-corrected chi connectivity index (χ1v) is 8.02. The first-order chi connectivity index (χ1) is 9.43. The quantitative estimate of drug-likeness (QED) is 0.861. The van der Waals surface area contributed by atoms with E-state index >= 15 is 0 Å². The molecule has 0 aromatic heterocycles. The van der Waals surface area contributed by atoms with Crippen molar-refractivity contribution in [2.45, 2.75) is 65.5 Å². The molecule has 4 nitrogen and oxygen atoms in total. The predicted molar refractivity (Wildman–Crippen MR) is 79.1 cm³/mol. The van der Waals surface area contributed by atoms with Gasteiger partial charge in [0.15, 0.2) is 0 Å². The highest BCUT2D eigenvalue weighted by Crippen LogP contribution is 2.36. The second kappa shape index (κ2) is 6.15. The first kappa shape index (κ1) is 15.3. The molecule has 1 heterocycles. The van der Waals surface area contributed by atoms with Gasteiger partial charge in [-0.15, -0.1) is 0 Å². The van der Waals surface area contributed by atoms with Crippen LogP contribution in [0.2, 0.25) is 0 Å². The topological polar surface area (TPSA) is 49.4 Å². The zero-order valence-corrected chi connectivity index (χ0v) is 13.2. The second-order valence-corrected chi connectivity index (χ2v) is 6.97. The van der Waals surface area contributed by atoms with Gasteiger partial charge in [0.25, 0.3) is 0 Å². The van der Waals surface area contributed by atoms with Gasteiger partial charge in [0, 0.05) is 6.04 Å². The van der Waals surface area contributed by atoms with Crippen LogP contribution in [0.3, 0.4) is 0 Å². The molecule has 1 aliphatic carbocycles. The van der Waals surface area contributed by atoms with Gasteiger partial charge >= 0.3 is 0 Å². The molecule has 2 amide bonds. The van der Waals surface area contributed by atoms with Gasteiger partial charge in [-0.3, -0.25) is 9.59 Å². The summed E-state index contributed by atoms with van der Waals surface area (Å²) >= 11 is 0. The standard InChI is InChI=1S/C16H28N2O2/c1-10(2)12-7-5-6-8-13(12)18-14(19)9-17-16(20)15(18)11(3)4/h10-13,15H,5-9H2,1-4H3,(H,17,20). The van der Waals surface area contributed by atoms with Gasteiger partial charge in [0.2, 0.25) is 11.8 Å². The van der Waals surface area contributed by atoms with E-state index in [-0.39, 0.29) is 36.4 Å². The normalized spacial score (nSPS) is 31.9. The van der Waals surface area contributed by atoms with E-state index in [1.54, 1.807) is 0 Å². The van der Waals surface area contributed by atoms with E-state index in [9.17, 15) is 9.59 Å². The van der Waals surface area contributed by atoms with Crippen molar-refractivity contribution >= 4 is 11.8 Å². The Morgan fingerprint density at radius 2 is 1.70 bits per heavy atom. The maximum Gasteiger partial charge on any atom is 0.243 e. The van der Waals surface area contributed by atoms with Crippen LogP contribution in [0.15, 0.2) is 0 Å². The summed E-state index contributed by atoms with van der Waals surface area (Å²) in [7, 11) is 0. The summed E-state index contributed by atoms with van der Waals surface area (Å²) in [5.74, 6) is 1.37. The molecule has 20 heavy (non-hydrogen) atoms. The maximum absolute atomic E-state index is 12.4. The van der Waals surface area contributed by atoms with E-state index in [0.29, 0.717) is 11.8 Å². The molecule has 0 aromatic rings. The van der Waals surface area contributed by atoms with E-state index < -0.39 is 0 Å². The monoisotopic (exact) mass is 280 g/mol. The Morgan fingerprint density at radius 3 is 2.30 bits per heavy atom. The number of carbonyl (C=O) groups is 2. The summed E-state index contributed by atoms with van der Waals surface area (Å²) in [5, 5.41) is 2.75. The van der Waals surface area contributed by atoms with Crippen molar-refractivity contribution in [2.75, 3.05) is 6.54 Å². The number of hydrogen-bond donors (Lipinski definition) is 1. The lowest BCUT2D eigenvalue weighted by molar-refractivity contribution is -0.153. The van der Waals surface area contributed by atoms with Gasteiger partial charge in [-0.05, 0) is 30.6 Å².